The predicted molar refractivity (Wildman–Crippen MR) is 150 cm³/mol. The van der Waals surface area contributed by atoms with Crippen LogP contribution in [0.1, 0.15) is 30.4 Å². The van der Waals surface area contributed by atoms with E-state index < -0.39 is 16.1 Å². The molecule has 2 aromatic heterocycles. The number of hydrogen-bond donors (Lipinski definition) is 0. The number of aromatic nitrogens is 1. The quantitative estimate of drug-likeness (QED) is 0.388. The van der Waals surface area contributed by atoms with Gasteiger partial charge in [0.25, 0.3) is 10.0 Å². The van der Waals surface area contributed by atoms with Gasteiger partial charge < -0.3 is 4.74 Å². The van der Waals surface area contributed by atoms with Gasteiger partial charge in [-0.2, -0.15) is 4.31 Å². The molecule has 0 spiro atoms. The molecule has 2 fully saturated rings. The molecular weight excluding hydrogens is 552 g/mol. The number of nitrogens with zero attached hydrogens (tertiary/aromatic N) is 4. The third kappa shape index (κ3) is 5.73. The molecule has 2 aliphatic rings. The van der Waals surface area contributed by atoms with Crippen molar-refractivity contribution >= 4 is 65.6 Å². The Balaban J connectivity index is 1.43. The number of halogens is 1. The third-order valence-electron chi connectivity index (χ3n) is 6.87. The van der Waals surface area contributed by atoms with Gasteiger partial charge in [-0.3, -0.25) is 14.6 Å². The molecule has 0 aliphatic carbocycles. The maximum absolute atomic E-state index is 14.1. The molecule has 0 N–H and O–H groups in total. The summed E-state index contributed by atoms with van der Waals surface area (Å²) >= 11 is 8.55. The van der Waals surface area contributed by atoms with Crippen molar-refractivity contribution in [2.24, 2.45) is 0 Å². The van der Waals surface area contributed by atoms with Crippen molar-refractivity contribution in [2.45, 2.75) is 43.4 Å². The Hall–Kier alpha value is -1.60. The number of carbonyl (C=O) groups excluding carboxylic acids is 1. The number of anilines is 1. The lowest BCUT2D eigenvalue weighted by atomic mass is 10.1. The highest BCUT2D eigenvalue weighted by Gasteiger charge is 2.42. The summed E-state index contributed by atoms with van der Waals surface area (Å²) < 4.78 is 35.3. The molecule has 2 saturated heterocycles. The Morgan fingerprint density at radius 3 is 2.70 bits per heavy atom. The van der Waals surface area contributed by atoms with Crippen molar-refractivity contribution < 1.29 is 17.9 Å². The summed E-state index contributed by atoms with van der Waals surface area (Å²) in [5.74, 6) is -0.209. The summed E-state index contributed by atoms with van der Waals surface area (Å²) in [7, 11) is -3.82. The summed E-state index contributed by atoms with van der Waals surface area (Å²) in [6.45, 7) is 8.93. The minimum Gasteiger partial charge on any atom is -0.379 e. The maximum Gasteiger partial charge on any atom is 0.253 e. The second-order valence-corrected chi connectivity index (χ2v) is 14.4. The van der Waals surface area contributed by atoms with Crippen LogP contribution in [-0.2, 0) is 19.6 Å². The number of fused-ring (bicyclic) bond motifs is 1. The predicted octanol–water partition coefficient (Wildman–Crippen LogP) is 4.54. The molecule has 1 amide bonds. The fourth-order valence-electron chi connectivity index (χ4n) is 5.06. The van der Waals surface area contributed by atoms with Crippen molar-refractivity contribution in [3.63, 3.8) is 0 Å². The van der Waals surface area contributed by atoms with E-state index >= 15 is 0 Å². The van der Waals surface area contributed by atoms with Gasteiger partial charge in [0.05, 0.1) is 27.8 Å². The van der Waals surface area contributed by atoms with E-state index in [4.69, 9.17) is 21.3 Å². The third-order valence-corrected chi connectivity index (χ3v) is 11.7. The van der Waals surface area contributed by atoms with Gasteiger partial charge in [0.1, 0.15) is 10.3 Å². The van der Waals surface area contributed by atoms with Gasteiger partial charge in [-0.1, -0.05) is 29.0 Å². The summed E-state index contributed by atoms with van der Waals surface area (Å²) in [6.07, 6.45) is 1.88. The SMILES string of the molecule is Cc1cc(C)c2sc(N(CCCN3CCOCC3)C(=O)C3CCCN3S(=O)(=O)c3ccc(Cl)s3)nc2c1. The largest absolute Gasteiger partial charge is 0.379 e. The first-order chi connectivity index (χ1) is 17.7. The van der Waals surface area contributed by atoms with E-state index in [1.165, 1.54) is 21.7 Å². The van der Waals surface area contributed by atoms with E-state index in [1.807, 2.05) is 13.0 Å². The Bertz CT molecular complexity index is 1380. The lowest BCUT2D eigenvalue weighted by molar-refractivity contribution is -0.121. The Labute approximate surface area is 230 Å². The van der Waals surface area contributed by atoms with Crippen LogP contribution in [0.25, 0.3) is 10.2 Å². The molecule has 12 heteroatoms. The van der Waals surface area contributed by atoms with Gasteiger partial charge in [-0.05, 0) is 62.4 Å². The van der Waals surface area contributed by atoms with Crippen LogP contribution >= 0.6 is 34.3 Å². The van der Waals surface area contributed by atoms with Gasteiger partial charge in [-0.25, -0.2) is 13.4 Å². The monoisotopic (exact) mass is 582 g/mol. The number of rotatable bonds is 8. The van der Waals surface area contributed by atoms with Crippen LogP contribution in [0.4, 0.5) is 5.13 Å². The average Bonchev–Trinajstić information content (AvgIpc) is 3.62. The maximum atomic E-state index is 14.1. The fourth-order valence-corrected chi connectivity index (χ4v) is 9.37. The standard InChI is InChI=1S/C25H31ClN4O4S3/c1-17-15-18(2)23-19(16-17)27-25(36-23)29(9-4-8-28-11-13-34-14-12-28)24(31)20-5-3-10-30(20)37(32,33)22-7-6-21(26)35-22/h6-7,15-16,20H,3-5,8-14H2,1-2H3. The molecule has 8 nitrogen and oxygen atoms in total. The highest BCUT2D eigenvalue weighted by molar-refractivity contribution is 7.91. The van der Waals surface area contributed by atoms with Gasteiger partial charge in [0.15, 0.2) is 5.13 Å². The number of thiophene rings is 1. The molecule has 1 unspecified atom stereocenters. The number of benzene rings is 1. The summed E-state index contributed by atoms with van der Waals surface area (Å²) in [5.41, 5.74) is 3.11. The van der Waals surface area contributed by atoms with Crippen LogP contribution in [0, 0.1) is 13.8 Å². The molecule has 37 heavy (non-hydrogen) atoms. The number of thiazole rings is 1. The zero-order valence-electron chi connectivity index (χ0n) is 21.0. The number of amides is 1. The van der Waals surface area contributed by atoms with Gasteiger partial charge in [0.2, 0.25) is 5.91 Å². The summed E-state index contributed by atoms with van der Waals surface area (Å²) in [5, 5.41) is 0.624. The molecule has 1 aromatic carbocycles. The van der Waals surface area contributed by atoms with E-state index in [-0.39, 0.29) is 10.1 Å². The number of aryl methyl sites for hydroxylation is 2. The van der Waals surface area contributed by atoms with E-state index in [0.29, 0.717) is 35.4 Å². The average molecular weight is 583 g/mol. The lowest BCUT2D eigenvalue weighted by Crippen LogP contribution is -2.48. The van der Waals surface area contributed by atoms with Crippen LogP contribution < -0.4 is 4.90 Å². The highest BCUT2D eigenvalue weighted by Crippen LogP contribution is 2.36. The van der Waals surface area contributed by atoms with Crippen LogP contribution in [0.3, 0.4) is 0 Å². The smallest absolute Gasteiger partial charge is 0.253 e. The summed E-state index contributed by atoms with van der Waals surface area (Å²) in [4.78, 5) is 23.0. The van der Waals surface area contributed by atoms with E-state index in [0.717, 1.165) is 71.9 Å². The first-order valence-electron chi connectivity index (χ1n) is 12.5. The number of ether oxygens (including phenoxy) is 1. The topological polar surface area (TPSA) is 83.0 Å². The highest BCUT2D eigenvalue weighted by atomic mass is 35.5. The zero-order chi connectivity index (χ0) is 26.2. The summed E-state index contributed by atoms with van der Waals surface area (Å²) in [6, 6.07) is 6.48. The van der Waals surface area contributed by atoms with Crippen LogP contribution in [0.15, 0.2) is 28.5 Å². The first-order valence-corrected chi connectivity index (χ1v) is 16.0. The molecule has 0 bridgehead atoms. The van der Waals surface area contributed by atoms with Crippen molar-refractivity contribution in [3.8, 4) is 0 Å². The van der Waals surface area contributed by atoms with Crippen LogP contribution in [0.2, 0.25) is 4.34 Å². The molecule has 3 aromatic rings. The van der Waals surface area contributed by atoms with Gasteiger partial charge in [0, 0.05) is 32.7 Å². The molecule has 5 rings (SSSR count). The number of carbonyl (C=O) groups is 1. The Kier molecular flexibility index (Phi) is 8.21. The van der Waals surface area contributed by atoms with Crippen molar-refractivity contribution in [1.82, 2.24) is 14.2 Å². The lowest BCUT2D eigenvalue weighted by Gasteiger charge is -2.30. The van der Waals surface area contributed by atoms with Gasteiger partial charge in [-0.15, -0.1) is 11.3 Å². The molecule has 4 heterocycles. The van der Waals surface area contributed by atoms with E-state index in [2.05, 4.69) is 17.9 Å². The van der Waals surface area contributed by atoms with Crippen LogP contribution in [0.5, 0.6) is 0 Å². The molecule has 0 saturated carbocycles. The van der Waals surface area contributed by atoms with E-state index in [9.17, 15) is 13.2 Å². The normalized spacial score (nSPS) is 19.6. The molecular formula is C25H31ClN4O4S3. The molecule has 2 aliphatic heterocycles. The number of hydrogen-bond acceptors (Lipinski definition) is 8. The second-order valence-electron chi connectivity index (χ2n) is 9.56. The number of sulfonamides is 1. The van der Waals surface area contributed by atoms with Crippen molar-refractivity contribution in [3.05, 3.63) is 39.7 Å². The van der Waals surface area contributed by atoms with Crippen LogP contribution in [-0.4, -0.2) is 80.5 Å². The fraction of sp³-hybridized carbons (Fsp3) is 0.520. The molecule has 1 atom stereocenters. The second kappa shape index (κ2) is 11.3. The Morgan fingerprint density at radius 2 is 1.97 bits per heavy atom. The zero-order valence-corrected chi connectivity index (χ0v) is 24.2. The minimum absolute atomic E-state index is 0.169. The van der Waals surface area contributed by atoms with Crippen molar-refractivity contribution in [1.29, 1.82) is 0 Å². The first kappa shape index (κ1) is 27.0. The minimum atomic E-state index is -3.82. The van der Waals surface area contributed by atoms with E-state index in [1.54, 1.807) is 11.0 Å². The molecule has 200 valence electrons. The van der Waals surface area contributed by atoms with Crippen molar-refractivity contribution in [2.75, 3.05) is 50.8 Å². The number of morpholine rings is 1. The van der Waals surface area contributed by atoms with Gasteiger partial charge >= 0.3 is 0 Å². The Morgan fingerprint density at radius 1 is 1.19 bits per heavy atom. The molecule has 0 radical (unpaired) electrons.